The number of rotatable bonds is 6. The van der Waals surface area contributed by atoms with Gasteiger partial charge in [0.15, 0.2) is 0 Å². The fraction of sp³-hybridized carbons (Fsp3) is 0.579. The molecule has 1 fully saturated rings. The fourth-order valence-corrected chi connectivity index (χ4v) is 3.46. The zero-order valence-electron chi connectivity index (χ0n) is 15.4. The van der Waals surface area contributed by atoms with E-state index in [1.54, 1.807) is 14.2 Å². The van der Waals surface area contributed by atoms with Crippen molar-refractivity contribution in [2.24, 2.45) is 5.92 Å². The second-order valence-electron chi connectivity index (χ2n) is 6.72. The molecule has 0 spiro atoms. The van der Waals surface area contributed by atoms with Crippen LogP contribution in [-0.4, -0.2) is 54.7 Å². The summed E-state index contributed by atoms with van der Waals surface area (Å²) in [4.78, 5) is 25.3. The third-order valence-corrected chi connectivity index (χ3v) is 5.08. The Morgan fingerprint density at radius 3 is 2.68 bits per heavy atom. The van der Waals surface area contributed by atoms with Gasteiger partial charge >= 0.3 is 0 Å². The Bertz CT molecular complexity index is 632. The van der Waals surface area contributed by atoms with Gasteiger partial charge in [-0.05, 0) is 43.4 Å². The van der Waals surface area contributed by atoms with Crippen molar-refractivity contribution < 1.29 is 19.4 Å². The van der Waals surface area contributed by atoms with Crippen LogP contribution in [0.3, 0.4) is 0 Å². The van der Waals surface area contributed by atoms with Crippen LogP contribution in [-0.2, 0) is 16.0 Å². The lowest BCUT2D eigenvalue weighted by atomic mass is 10.0. The maximum Gasteiger partial charge on any atom is 0.225 e. The van der Waals surface area contributed by atoms with E-state index in [2.05, 4.69) is 5.32 Å². The lowest BCUT2D eigenvalue weighted by molar-refractivity contribution is -0.134. The minimum Gasteiger partial charge on any atom is -0.496 e. The van der Waals surface area contributed by atoms with Gasteiger partial charge in [0.25, 0.3) is 0 Å². The van der Waals surface area contributed by atoms with Crippen molar-refractivity contribution >= 4 is 11.8 Å². The molecule has 0 radical (unpaired) electrons. The standard InChI is InChI=1S/C19H28N2O4/c1-12-11-14(5-8-17(12)25-4)9-10-20-19(24)15-6-7-16(18(15)23)21(3)13(2)22/h5,8,11,15-16,18,23H,6-7,9-10H2,1-4H3,(H,20,24)/t15-,16-,18+/m1/s1. The molecule has 25 heavy (non-hydrogen) atoms. The summed E-state index contributed by atoms with van der Waals surface area (Å²) in [5, 5.41) is 13.3. The Morgan fingerprint density at radius 1 is 1.36 bits per heavy atom. The minimum absolute atomic E-state index is 0.0972. The summed E-state index contributed by atoms with van der Waals surface area (Å²) in [5.41, 5.74) is 2.19. The van der Waals surface area contributed by atoms with E-state index >= 15 is 0 Å². The van der Waals surface area contributed by atoms with E-state index in [0.717, 1.165) is 23.3 Å². The lowest BCUT2D eigenvalue weighted by Gasteiger charge is -2.27. The second-order valence-corrected chi connectivity index (χ2v) is 6.72. The zero-order valence-corrected chi connectivity index (χ0v) is 15.4. The Kier molecular flexibility index (Phi) is 6.42. The van der Waals surface area contributed by atoms with Crippen LogP contribution in [0.4, 0.5) is 0 Å². The zero-order chi connectivity index (χ0) is 18.6. The molecule has 1 aromatic rings. The summed E-state index contributed by atoms with van der Waals surface area (Å²) in [6.07, 6.45) is 1.15. The fourth-order valence-electron chi connectivity index (χ4n) is 3.46. The summed E-state index contributed by atoms with van der Waals surface area (Å²) in [6, 6.07) is 5.68. The summed E-state index contributed by atoms with van der Waals surface area (Å²) < 4.78 is 5.24. The van der Waals surface area contributed by atoms with Crippen LogP contribution < -0.4 is 10.1 Å². The molecule has 2 N–H and O–H groups in total. The smallest absolute Gasteiger partial charge is 0.225 e. The van der Waals surface area contributed by atoms with Crippen LogP contribution in [0.15, 0.2) is 18.2 Å². The minimum atomic E-state index is -0.808. The van der Waals surface area contributed by atoms with Crippen LogP contribution in [0.5, 0.6) is 5.75 Å². The first kappa shape index (κ1) is 19.2. The van der Waals surface area contributed by atoms with E-state index in [1.165, 1.54) is 11.8 Å². The van der Waals surface area contributed by atoms with E-state index in [1.807, 2.05) is 25.1 Å². The summed E-state index contributed by atoms with van der Waals surface area (Å²) in [6.45, 7) is 3.97. The van der Waals surface area contributed by atoms with Crippen molar-refractivity contribution in [2.75, 3.05) is 20.7 Å². The molecule has 1 aromatic carbocycles. The summed E-state index contributed by atoms with van der Waals surface area (Å²) in [5.74, 6) is 0.157. The van der Waals surface area contributed by atoms with E-state index in [4.69, 9.17) is 4.74 Å². The van der Waals surface area contributed by atoms with E-state index < -0.39 is 12.0 Å². The Labute approximate surface area is 149 Å². The van der Waals surface area contributed by atoms with Gasteiger partial charge < -0.3 is 20.1 Å². The van der Waals surface area contributed by atoms with Gasteiger partial charge in [0.05, 0.1) is 25.2 Å². The number of aliphatic hydroxyl groups excluding tert-OH is 1. The molecule has 6 nitrogen and oxygen atoms in total. The highest BCUT2D eigenvalue weighted by molar-refractivity contribution is 5.80. The van der Waals surface area contributed by atoms with Crippen LogP contribution >= 0.6 is 0 Å². The van der Waals surface area contributed by atoms with Crippen molar-refractivity contribution in [3.63, 3.8) is 0 Å². The molecule has 0 aromatic heterocycles. The van der Waals surface area contributed by atoms with Crippen LogP contribution in [0.1, 0.15) is 30.9 Å². The van der Waals surface area contributed by atoms with Gasteiger partial charge in [0.2, 0.25) is 11.8 Å². The first-order valence-electron chi connectivity index (χ1n) is 8.67. The number of aliphatic hydroxyl groups is 1. The molecule has 0 heterocycles. The van der Waals surface area contributed by atoms with Crippen LogP contribution in [0.2, 0.25) is 0 Å². The summed E-state index contributed by atoms with van der Waals surface area (Å²) in [7, 11) is 3.31. The van der Waals surface area contributed by atoms with Gasteiger partial charge in [-0.1, -0.05) is 12.1 Å². The number of hydrogen-bond acceptors (Lipinski definition) is 4. The van der Waals surface area contributed by atoms with Crippen molar-refractivity contribution in [2.45, 2.75) is 45.3 Å². The quantitative estimate of drug-likeness (QED) is 0.812. The molecule has 0 saturated heterocycles. The molecule has 0 unspecified atom stereocenters. The lowest BCUT2D eigenvalue weighted by Crippen LogP contribution is -2.45. The van der Waals surface area contributed by atoms with Gasteiger partial charge in [-0.2, -0.15) is 0 Å². The number of hydrogen-bond donors (Lipinski definition) is 2. The first-order valence-corrected chi connectivity index (χ1v) is 8.67. The van der Waals surface area contributed by atoms with Crippen LogP contribution in [0.25, 0.3) is 0 Å². The molecular weight excluding hydrogens is 320 g/mol. The number of ether oxygens (including phenoxy) is 1. The monoisotopic (exact) mass is 348 g/mol. The largest absolute Gasteiger partial charge is 0.496 e. The van der Waals surface area contributed by atoms with E-state index in [-0.39, 0.29) is 17.9 Å². The van der Waals surface area contributed by atoms with Gasteiger partial charge in [0.1, 0.15) is 5.75 Å². The molecular formula is C19H28N2O4. The van der Waals surface area contributed by atoms with Gasteiger partial charge in [-0.3, -0.25) is 9.59 Å². The molecule has 3 atom stereocenters. The summed E-state index contributed by atoms with van der Waals surface area (Å²) >= 11 is 0. The van der Waals surface area contributed by atoms with Gasteiger partial charge in [0, 0.05) is 20.5 Å². The number of benzene rings is 1. The predicted molar refractivity (Wildman–Crippen MR) is 95.4 cm³/mol. The molecule has 138 valence electrons. The van der Waals surface area contributed by atoms with Crippen molar-refractivity contribution in [1.29, 1.82) is 0 Å². The molecule has 0 aliphatic heterocycles. The maximum atomic E-state index is 12.4. The van der Waals surface area contributed by atoms with Crippen LogP contribution in [0, 0.1) is 12.8 Å². The second kappa shape index (κ2) is 8.34. The van der Waals surface area contributed by atoms with Gasteiger partial charge in [-0.15, -0.1) is 0 Å². The third-order valence-electron chi connectivity index (χ3n) is 5.08. The average molecular weight is 348 g/mol. The number of carbonyl (C=O) groups is 2. The number of methoxy groups -OCH3 is 1. The van der Waals surface area contributed by atoms with E-state index in [0.29, 0.717) is 19.4 Å². The number of aryl methyl sites for hydroxylation is 1. The van der Waals surface area contributed by atoms with Crippen molar-refractivity contribution in [3.8, 4) is 5.75 Å². The van der Waals surface area contributed by atoms with Crippen molar-refractivity contribution in [3.05, 3.63) is 29.3 Å². The predicted octanol–water partition coefficient (Wildman–Crippen LogP) is 1.28. The normalized spacial score (nSPS) is 22.5. The number of likely N-dealkylation sites (N-methyl/N-ethyl adjacent to an activating group) is 1. The molecule has 1 aliphatic rings. The molecule has 1 aliphatic carbocycles. The highest BCUT2D eigenvalue weighted by Gasteiger charge is 2.41. The maximum absolute atomic E-state index is 12.4. The van der Waals surface area contributed by atoms with E-state index in [9.17, 15) is 14.7 Å². The molecule has 6 heteroatoms. The highest BCUT2D eigenvalue weighted by Crippen LogP contribution is 2.29. The Balaban J connectivity index is 1.84. The number of nitrogens with zero attached hydrogens (tertiary/aromatic N) is 1. The van der Waals surface area contributed by atoms with Crippen molar-refractivity contribution in [1.82, 2.24) is 10.2 Å². The molecule has 1 saturated carbocycles. The number of carbonyl (C=O) groups excluding carboxylic acids is 2. The third kappa shape index (κ3) is 4.51. The molecule has 2 rings (SSSR count). The topological polar surface area (TPSA) is 78.9 Å². The number of amides is 2. The SMILES string of the molecule is COc1ccc(CCNC(=O)[C@@H]2CC[C@@H](N(C)C(C)=O)[C@H]2O)cc1C. The average Bonchev–Trinajstić information content (AvgIpc) is 2.95. The Morgan fingerprint density at radius 2 is 2.08 bits per heavy atom. The first-order chi connectivity index (χ1) is 11.8. The highest BCUT2D eigenvalue weighted by atomic mass is 16.5. The molecule has 0 bridgehead atoms. The Hall–Kier alpha value is -2.08. The number of nitrogens with one attached hydrogen (secondary N) is 1. The van der Waals surface area contributed by atoms with Gasteiger partial charge in [-0.25, -0.2) is 0 Å². The molecule has 2 amide bonds.